The molecule has 1 aliphatic carbocycles. The summed E-state index contributed by atoms with van der Waals surface area (Å²) in [6, 6.07) is 0.742. The van der Waals surface area contributed by atoms with E-state index in [1.807, 2.05) is 13.8 Å². The molecule has 0 atom stereocenters. The van der Waals surface area contributed by atoms with E-state index in [0.29, 0.717) is 5.84 Å². The van der Waals surface area contributed by atoms with E-state index in [1.165, 1.54) is 32.1 Å². The maximum atomic E-state index is 8.79. The Hall–Kier alpha value is -0.770. The van der Waals surface area contributed by atoms with Crippen LogP contribution in [0.15, 0.2) is 5.16 Å². The molecule has 4 nitrogen and oxygen atoms in total. The van der Waals surface area contributed by atoms with Gasteiger partial charge in [0.1, 0.15) is 5.84 Å². The number of oxime groups is 1. The van der Waals surface area contributed by atoms with E-state index in [4.69, 9.17) is 10.9 Å². The van der Waals surface area contributed by atoms with E-state index in [1.54, 1.807) is 0 Å². The Morgan fingerprint density at radius 1 is 1.33 bits per heavy atom. The second-order valence-corrected chi connectivity index (χ2v) is 6.04. The van der Waals surface area contributed by atoms with Crippen LogP contribution >= 0.6 is 0 Å². The number of nitrogens with zero attached hydrogens (tertiary/aromatic N) is 2. The van der Waals surface area contributed by atoms with Crippen LogP contribution in [0.25, 0.3) is 0 Å². The number of hydrogen-bond donors (Lipinski definition) is 2. The van der Waals surface area contributed by atoms with Crippen molar-refractivity contribution in [2.75, 3.05) is 13.1 Å². The average Bonchev–Trinajstić information content (AvgIpc) is 2.39. The minimum absolute atomic E-state index is 0.225. The highest BCUT2D eigenvalue weighted by Crippen LogP contribution is 2.26. The molecule has 0 aromatic carbocycles. The van der Waals surface area contributed by atoms with E-state index in [-0.39, 0.29) is 5.41 Å². The molecule has 0 aromatic heterocycles. The van der Waals surface area contributed by atoms with Crippen LogP contribution in [0.2, 0.25) is 0 Å². The van der Waals surface area contributed by atoms with Crippen molar-refractivity contribution in [1.82, 2.24) is 4.90 Å². The fourth-order valence-corrected chi connectivity index (χ4v) is 2.73. The molecule has 0 heterocycles. The third kappa shape index (κ3) is 4.16. The predicted octanol–water partition coefficient (Wildman–Crippen LogP) is 2.80. The van der Waals surface area contributed by atoms with E-state index >= 15 is 0 Å². The number of hydrogen-bond acceptors (Lipinski definition) is 3. The molecule has 1 saturated carbocycles. The van der Waals surface area contributed by atoms with Crippen LogP contribution in [0.5, 0.6) is 0 Å². The van der Waals surface area contributed by atoms with Crippen molar-refractivity contribution in [2.24, 2.45) is 16.3 Å². The van der Waals surface area contributed by atoms with E-state index in [2.05, 4.69) is 17.0 Å². The maximum Gasteiger partial charge on any atom is 0.144 e. The van der Waals surface area contributed by atoms with Gasteiger partial charge in [0, 0.05) is 11.5 Å². The van der Waals surface area contributed by atoms with Gasteiger partial charge in [-0.25, -0.2) is 0 Å². The highest BCUT2D eigenvalue weighted by molar-refractivity contribution is 5.85. The molecule has 106 valence electrons. The third-order valence-electron chi connectivity index (χ3n) is 4.32. The molecule has 18 heavy (non-hydrogen) atoms. The highest BCUT2D eigenvalue weighted by atomic mass is 16.4. The molecule has 0 aromatic rings. The Labute approximate surface area is 111 Å². The van der Waals surface area contributed by atoms with E-state index in [9.17, 15) is 0 Å². The van der Waals surface area contributed by atoms with Gasteiger partial charge in [0.25, 0.3) is 0 Å². The molecule has 1 aliphatic rings. The fourth-order valence-electron chi connectivity index (χ4n) is 2.73. The first-order chi connectivity index (χ1) is 8.51. The Balaban J connectivity index is 2.48. The van der Waals surface area contributed by atoms with Crippen molar-refractivity contribution < 1.29 is 5.21 Å². The van der Waals surface area contributed by atoms with Crippen molar-refractivity contribution in [1.29, 1.82) is 0 Å². The van der Waals surface area contributed by atoms with Crippen LogP contribution in [0.1, 0.15) is 59.3 Å². The summed E-state index contributed by atoms with van der Waals surface area (Å²) in [7, 11) is 0. The molecule has 0 bridgehead atoms. The van der Waals surface area contributed by atoms with Gasteiger partial charge in [-0.2, -0.15) is 0 Å². The summed E-state index contributed by atoms with van der Waals surface area (Å²) in [6.45, 7) is 8.43. The lowest BCUT2D eigenvalue weighted by Gasteiger charge is -2.35. The molecule has 0 spiro atoms. The predicted molar refractivity (Wildman–Crippen MR) is 75.9 cm³/mol. The molecular formula is C14H29N3O. The van der Waals surface area contributed by atoms with E-state index in [0.717, 1.165) is 25.6 Å². The topological polar surface area (TPSA) is 61.8 Å². The molecule has 0 amide bonds. The summed E-state index contributed by atoms with van der Waals surface area (Å²) in [6.07, 6.45) is 7.72. The SMILES string of the molecule is CCN(CCC(C)(C)C(N)=NO)C1CCCCC1. The van der Waals surface area contributed by atoms with Crippen molar-refractivity contribution in [2.45, 2.75) is 65.3 Å². The van der Waals surface area contributed by atoms with Gasteiger partial charge >= 0.3 is 0 Å². The summed E-state index contributed by atoms with van der Waals surface area (Å²) < 4.78 is 0. The lowest BCUT2D eigenvalue weighted by molar-refractivity contribution is 0.150. The van der Waals surface area contributed by atoms with Gasteiger partial charge in [0.05, 0.1) is 0 Å². The van der Waals surface area contributed by atoms with Crippen molar-refractivity contribution in [3.8, 4) is 0 Å². The number of rotatable bonds is 6. The van der Waals surface area contributed by atoms with Gasteiger partial charge in [-0.1, -0.05) is 45.2 Å². The van der Waals surface area contributed by atoms with Crippen molar-refractivity contribution >= 4 is 5.84 Å². The number of nitrogens with two attached hydrogens (primary N) is 1. The van der Waals surface area contributed by atoms with Crippen LogP contribution in [-0.4, -0.2) is 35.1 Å². The summed E-state index contributed by atoms with van der Waals surface area (Å²) in [5.41, 5.74) is 5.51. The number of amidine groups is 1. The summed E-state index contributed by atoms with van der Waals surface area (Å²) in [5.74, 6) is 0.335. The van der Waals surface area contributed by atoms with Crippen LogP contribution in [0, 0.1) is 5.41 Å². The first kappa shape index (κ1) is 15.3. The Morgan fingerprint density at radius 2 is 1.94 bits per heavy atom. The summed E-state index contributed by atoms with van der Waals surface area (Å²) >= 11 is 0. The first-order valence-corrected chi connectivity index (χ1v) is 7.23. The molecular weight excluding hydrogens is 226 g/mol. The van der Waals surface area contributed by atoms with Crippen molar-refractivity contribution in [3.63, 3.8) is 0 Å². The molecule has 0 aliphatic heterocycles. The zero-order valence-electron chi connectivity index (χ0n) is 12.2. The quantitative estimate of drug-likeness (QED) is 0.332. The molecule has 1 rings (SSSR count). The molecule has 3 N–H and O–H groups in total. The van der Waals surface area contributed by atoms with Crippen LogP contribution in [-0.2, 0) is 0 Å². The minimum atomic E-state index is -0.225. The zero-order chi connectivity index (χ0) is 13.6. The molecule has 0 unspecified atom stereocenters. The van der Waals surface area contributed by atoms with Crippen LogP contribution in [0.3, 0.4) is 0 Å². The molecule has 0 saturated heterocycles. The van der Waals surface area contributed by atoms with Crippen LogP contribution < -0.4 is 5.73 Å². The normalized spacial score (nSPS) is 19.4. The Kier molecular flexibility index (Phi) is 5.93. The Bertz CT molecular complexity index is 270. The second kappa shape index (κ2) is 6.98. The zero-order valence-corrected chi connectivity index (χ0v) is 12.2. The van der Waals surface area contributed by atoms with Gasteiger partial charge < -0.3 is 15.8 Å². The van der Waals surface area contributed by atoms with Gasteiger partial charge in [-0.15, -0.1) is 0 Å². The average molecular weight is 255 g/mol. The molecule has 4 heteroatoms. The summed E-state index contributed by atoms with van der Waals surface area (Å²) in [5, 5.41) is 11.9. The monoisotopic (exact) mass is 255 g/mol. The van der Waals surface area contributed by atoms with Gasteiger partial charge in [-0.3, -0.25) is 0 Å². The van der Waals surface area contributed by atoms with Gasteiger partial charge in [0.2, 0.25) is 0 Å². The minimum Gasteiger partial charge on any atom is -0.409 e. The smallest absolute Gasteiger partial charge is 0.144 e. The second-order valence-electron chi connectivity index (χ2n) is 6.04. The molecule has 0 radical (unpaired) electrons. The maximum absolute atomic E-state index is 8.79. The summed E-state index contributed by atoms with van der Waals surface area (Å²) in [4.78, 5) is 2.56. The third-order valence-corrected chi connectivity index (χ3v) is 4.32. The van der Waals surface area contributed by atoms with E-state index < -0.39 is 0 Å². The Morgan fingerprint density at radius 3 is 2.44 bits per heavy atom. The van der Waals surface area contributed by atoms with Gasteiger partial charge in [0.15, 0.2) is 0 Å². The standard InChI is InChI=1S/C14H29N3O/c1-4-17(12-8-6-5-7-9-12)11-10-14(2,3)13(15)16-18/h12,18H,4-11H2,1-3H3,(H2,15,16). The van der Waals surface area contributed by atoms with Crippen LogP contribution in [0.4, 0.5) is 0 Å². The fraction of sp³-hybridized carbons (Fsp3) is 0.929. The lowest BCUT2D eigenvalue weighted by Crippen LogP contribution is -2.41. The van der Waals surface area contributed by atoms with Gasteiger partial charge in [-0.05, 0) is 32.4 Å². The highest BCUT2D eigenvalue weighted by Gasteiger charge is 2.26. The molecule has 1 fully saturated rings. The van der Waals surface area contributed by atoms with Crippen molar-refractivity contribution in [3.05, 3.63) is 0 Å². The first-order valence-electron chi connectivity index (χ1n) is 7.23. The largest absolute Gasteiger partial charge is 0.409 e. The lowest BCUT2D eigenvalue weighted by atomic mass is 9.87.